The number of nitrogens with two attached hydrogens (primary N) is 1. The van der Waals surface area contributed by atoms with E-state index in [1.807, 2.05) is 49.4 Å². The van der Waals surface area contributed by atoms with Crippen LogP contribution in [0.4, 0.5) is 5.95 Å². The van der Waals surface area contributed by atoms with Gasteiger partial charge in [0.05, 0.1) is 19.5 Å². The number of aromatic amines is 1. The van der Waals surface area contributed by atoms with Crippen molar-refractivity contribution in [3.63, 3.8) is 0 Å². The van der Waals surface area contributed by atoms with E-state index in [4.69, 9.17) is 28.4 Å². The number of H-pyrrole nitrogens is 1. The molecule has 0 bridgehead atoms. The number of imidazole rings is 1. The molecular formula is C26H26N5O8P. The van der Waals surface area contributed by atoms with E-state index in [0.717, 1.165) is 11.1 Å². The molecule has 3 heterocycles. The van der Waals surface area contributed by atoms with Crippen molar-refractivity contribution in [2.75, 3.05) is 18.7 Å². The highest BCUT2D eigenvalue weighted by Gasteiger charge is 2.28. The highest BCUT2D eigenvalue weighted by Crippen LogP contribution is 2.50. The maximum atomic E-state index is 13.7. The largest absolute Gasteiger partial charge is 0.519 e. The summed E-state index contributed by atoms with van der Waals surface area (Å²) in [6.07, 6.45) is 1.04. The Hall–Kier alpha value is -4.29. The number of aryl methyl sites for hydroxylation is 1. The number of nitrogen functional groups attached to an aromatic ring is 1. The molecule has 0 amide bonds. The van der Waals surface area contributed by atoms with Crippen LogP contribution in [0.15, 0.2) is 79.3 Å². The standard InChI is InChI=1S/C26H26N5O8P/c1-17-7-9-19(10-8-17)22-20(38-26(33)39-22)14-37-40(34,36-13-18-5-3-2-4-6-18)16-35-12-11-31-15-28-21-23(31)29-25(27)30-24(21)32/h2-10,15H,11-14,16H2,1H3,(H3,27,29,30,32). The van der Waals surface area contributed by atoms with Crippen molar-refractivity contribution >= 4 is 24.7 Å². The zero-order chi connectivity index (χ0) is 28.1. The Morgan fingerprint density at radius 1 is 1.02 bits per heavy atom. The zero-order valence-corrected chi connectivity index (χ0v) is 22.3. The Balaban J connectivity index is 1.28. The van der Waals surface area contributed by atoms with Crippen LogP contribution in [-0.2, 0) is 38.1 Å². The first-order chi connectivity index (χ1) is 19.3. The quantitative estimate of drug-likeness (QED) is 0.165. The third-order valence-corrected chi connectivity index (χ3v) is 7.38. The molecule has 0 spiro atoms. The van der Waals surface area contributed by atoms with Gasteiger partial charge in [-0.05, 0) is 12.5 Å². The fourth-order valence-electron chi connectivity index (χ4n) is 3.82. The molecular weight excluding hydrogens is 541 g/mol. The lowest BCUT2D eigenvalue weighted by atomic mass is 10.1. The molecule has 40 heavy (non-hydrogen) atoms. The topological polar surface area (TPSA) is 178 Å². The van der Waals surface area contributed by atoms with E-state index >= 15 is 0 Å². The lowest BCUT2D eigenvalue weighted by molar-refractivity contribution is 0.114. The second kappa shape index (κ2) is 11.8. The molecule has 5 rings (SSSR count). The molecule has 0 fully saturated rings. The predicted molar refractivity (Wildman–Crippen MR) is 144 cm³/mol. The van der Waals surface area contributed by atoms with Crippen LogP contribution in [0.1, 0.15) is 16.9 Å². The number of aromatic nitrogens is 4. The van der Waals surface area contributed by atoms with Gasteiger partial charge < -0.3 is 28.4 Å². The molecule has 1 atom stereocenters. The summed E-state index contributed by atoms with van der Waals surface area (Å²) in [5.74, 6) is -0.708. The fraction of sp³-hybridized carbons (Fsp3) is 0.231. The van der Waals surface area contributed by atoms with Gasteiger partial charge in [0, 0.05) is 12.1 Å². The molecule has 0 saturated heterocycles. The lowest BCUT2D eigenvalue weighted by Crippen LogP contribution is -2.13. The van der Waals surface area contributed by atoms with Crippen molar-refractivity contribution in [1.82, 2.24) is 19.5 Å². The van der Waals surface area contributed by atoms with Crippen molar-refractivity contribution in [3.05, 3.63) is 98.8 Å². The van der Waals surface area contributed by atoms with E-state index in [9.17, 15) is 14.2 Å². The van der Waals surface area contributed by atoms with Gasteiger partial charge in [-0.1, -0.05) is 60.2 Å². The van der Waals surface area contributed by atoms with Gasteiger partial charge in [-0.25, -0.2) is 9.78 Å². The summed E-state index contributed by atoms with van der Waals surface area (Å²) < 4.78 is 42.8. The maximum absolute atomic E-state index is 13.7. The van der Waals surface area contributed by atoms with Crippen LogP contribution in [0.3, 0.4) is 0 Å². The Morgan fingerprint density at radius 2 is 1.77 bits per heavy atom. The third-order valence-electron chi connectivity index (χ3n) is 5.84. The molecule has 0 aliphatic rings. The molecule has 0 saturated carbocycles. The van der Waals surface area contributed by atoms with Gasteiger partial charge in [0.1, 0.15) is 13.0 Å². The number of fused-ring (bicyclic) bond motifs is 1. The smallest absolute Gasteiger partial charge is 0.393 e. The van der Waals surface area contributed by atoms with Crippen LogP contribution >= 0.6 is 7.60 Å². The maximum Gasteiger partial charge on any atom is 0.519 e. The minimum atomic E-state index is -3.87. The molecule has 14 heteroatoms. The van der Waals surface area contributed by atoms with E-state index in [2.05, 4.69) is 15.0 Å². The van der Waals surface area contributed by atoms with Crippen molar-refractivity contribution in [2.45, 2.75) is 26.7 Å². The van der Waals surface area contributed by atoms with Crippen LogP contribution in [0.5, 0.6) is 0 Å². The van der Waals surface area contributed by atoms with Gasteiger partial charge >= 0.3 is 13.4 Å². The minimum Gasteiger partial charge on any atom is -0.393 e. The first kappa shape index (κ1) is 27.3. The average Bonchev–Trinajstić information content (AvgIpc) is 3.53. The first-order valence-corrected chi connectivity index (χ1v) is 13.9. The number of hydrogen-bond donors (Lipinski definition) is 2. The molecule has 0 aliphatic heterocycles. The molecule has 0 aliphatic carbocycles. The molecule has 0 radical (unpaired) electrons. The number of rotatable bonds is 12. The average molecular weight is 567 g/mol. The lowest BCUT2D eigenvalue weighted by Gasteiger charge is -2.18. The molecule has 5 aromatic rings. The monoisotopic (exact) mass is 567 g/mol. The number of hydrogen-bond acceptors (Lipinski definition) is 11. The number of nitrogens with one attached hydrogen (secondary N) is 1. The summed E-state index contributed by atoms with van der Waals surface area (Å²) in [4.78, 5) is 34.4. The molecule has 1 unspecified atom stereocenters. The predicted octanol–water partition coefficient (Wildman–Crippen LogP) is 3.82. The molecule has 3 aromatic heterocycles. The summed E-state index contributed by atoms with van der Waals surface area (Å²) in [6, 6.07) is 16.4. The Kier molecular flexibility index (Phi) is 8.08. The second-order valence-corrected chi connectivity index (χ2v) is 10.8. The van der Waals surface area contributed by atoms with Gasteiger partial charge in [-0.3, -0.25) is 18.9 Å². The van der Waals surface area contributed by atoms with E-state index < -0.39 is 25.3 Å². The summed E-state index contributed by atoms with van der Waals surface area (Å²) in [6.45, 7) is 1.87. The number of nitrogens with zero attached hydrogens (tertiary/aromatic N) is 3. The summed E-state index contributed by atoms with van der Waals surface area (Å²) in [5, 5.41) is 0. The number of ether oxygens (including phenoxy) is 1. The molecule has 13 nitrogen and oxygen atoms in total. The van der Waals surface area contributed by atoms with Crippen molar-refractivity contribution in [1.29, 1.82) is 0 Å². The van der Waals surface area contributed by atoms with Crippen LogP contribution in [-0.4, -0.2) is 32.5 Å². The third kappa shape index (κ3) is 6.46. The fourth-order valence-corrected chi connectivity index (χ4v) is 5.05. The molecule has 2 aromatic carbocycles. The summed E-state index contributed by atoms with van der Waals surface area (Å²) in [7, 11) is -3.87. The van der Waals surface area contributed by atoms with Crippen LogP contribution < -0.4 is 17.1 Å². The molecule has 3 N–H and O–H groups in total. The van der Waals surface area contributed by atoms with Crippen LogP contribution in [0.2, 0.25) is 0 Å². The van der Waals surface area contributed by atoms with Crippen LogP contribution in [0, 0.1) is 6.92 Å². The van der Waals surface area contributed by atoms with Gasteiger partial charge in [-0.2, -0.15) is 4.98 Å². The first-order valence-electron chi connectivity index (χ1n) is 12.2. The van der Waals surface area contributed by atoms with Gasteiger partial charge in [-0.15, -0.1) is 0 Å². The second-order valence-electron chi connectivity index (χ2n) is 8.81. The number of anilines is 1. The van der Waals surface area contributed by atoms with E-state index in [0.29, 0.717) is 11.2 Å². The van der Waals surface area contributed by atoms with Crippen molar-refractivity contribution in [3.8, 4) is 11.3 Å². The Labute approximate surface area is 227 Å². The van der Waals surface area contributed by atoms with E-state index in [1.165, 1.54) is 6.33 Å². The Bertz CT molecular complexity index is 1760. The van der Waals surface area contributed by atoms with Crippen molar-refractivity contribution < 1.29 is 27.2 Å². The van der Waals surface area contributed by atoms with E-state index in [1.54, 1.807) is 16.7 Å². The van der Waals surface area contributed by atoms with Gasteiger partial charge in [0.2, 0.25) is 5.95 Å². The highest BCUT2D eigenvalue weighted by atomic mass is 31.2. The van der Waals surface area contributed by atoms with Gasteiger partial charge in [0.15, 0.2) is 22.7 Å². The summed E-state index contributed by atoms with van der Waals surface area (Å²) in [5.41, 5.74) is 8.03. The van der Waals surface area contributed by atoms with E-state index in [-0.39, 0.29) is 49.4 Å². The van der Waals surface area contributed by atoms with Crippen molar-refractivity contribution in [2.24, 2.45) is 0 Å². The SMILES string of the molecule is Cc1ccc(-c2oc(=O)oc2COP(=O)(COCCn2cnc3c(=O)[nH]c(N)nc32)OCc2ccccc2)cc1. The number of benzene rings is 2. The molecule has 208 valence electrons. The zero-order valence-electron chi connectivity index (χ0n) is 21.4. The minimum absolute atomic E-state index is 0.000234. The van der Waals surface area contributed by atoms with Gasteiger partial charge in [0.25, 0.3) is 5.56 Å². The Morgan fingerprint density at radius 3 is 2.55 bits per heavy atom. The normalized spacial score (nSPS) is 13.0. The summed E-state index contributed by atoms with van der Waals surface area (Å²) >= 11 is 0. The highest BCUT2D eigenvalue weighted by molar-refractivity contribution is 7.53. The van der Waals surface area contributed by atoms with Crippen LogP contribution in [0.25, 0.3) is 22.5 Å².